The first kappa shape index (κ1) is 15.3. The molecule has 0 bridgehead atoms. The van der Waals surface area contributed by atoms with Gasteiger partial charge in [-0.25, -0.2) is 0 Å². The van der Waals surface area contributed by atoms with E-state index < -0.39 is 0 Å². The zero-order chi connectivity index (χ0) is 14.3. The maximum Gasteiger partial charge on any atom is 0.257 e. The fourth-order valence-electron chi connectivity index (χ4n) is 1.71. The first-order valence-electron chi connectivity index (χ1n) is 6.57. The average molecular weight is 266 g/mol. The second-order valence-electron chi connectivity index (χ2n) is 4.26. The highest BCUT2D eigenvalue weighted by Crippen LogP contribution is 2.24. The lowest BCUT2D eigenvalue weighted by molar-refractivity contribution is 0.0939. The predicted molar refractivity (Wildman–Crippen MR) is 75.3 cm³/mol. The number of carbonyl (C=O) groups is 1. The molecule has 0 fully saturated rings. The van der Waals surface area contributed by atoms with Gasteiger partial charge in [0.25, 0.3) is 5.91 Å². The van der Waals surface area contributed by atoms with E-state index in [4.69, 9.17) is 10.5 Å². The lowest BCUT2D eigenvalue weighted by Crippen LogP contribution is -2.28. The Bertz CT molecular complexity index is 421. The Morgan fingerprint density at radius 1 is 1.47 bits per heavy atom. The molecule has 19 heavy (non-hydrogen) atoms. The van der Waals surface area contributed by atoms with Gasteiger partial charge >= 0.3 is 0 Å². The van der Waals surface area contributed by atoms with Crippen molar-refractivity contribution in [2.24, 2.45) is 0 Å². The maximum absolute atomic E-state index is 12.1. The van der Waals surface area contributed by atoms with Crippen LogP contribution in [0.5, 0.6) is 5.75 Å². The second kappa shape index (κ2) is 7.63. The minimum Gasteiger partial charge on any atom is -0.493 e. The number of hydrogen-bond acceptors (Lipinski definition) is 4. The van der Waals surface area contributed by atoms with E-state index in [2.05, 4.69) is 5.32 Å². The number of nitrogens with two attached hydrogens (primary N) is 1. The van der Waals surface area contributed by atoms with Crippen LogP contribution in [-0.2, 0) is 0 Å². The minimum absolute atomic E-state index is 0.273. The van der Waals surface area contributed by atoms with E-state index in [1.54, 1.807) is 18.2 Å². The summed E-state index contributed by atoms with van der Waals surface area (Å²) in [6.45, 7) is 4.63. The van der Waals surface area contributed by atoms with E-state index >= 15 is 0 Å². The number of aliphatic hydroxyl groups is 1. The van der Waals surface area contributed by atoms with Crippen LogP contribution in [0, 0.1) is 0 Å². The molecule has 0 aliphatic heterocycles. The van der Waals surface area contributed by atoms with Gasteiger partial charge in [0, 0.05) is 12.2 Å². The van der Waals surface area contributed by atoms with E-state index in [-0.39, 0.29) is 12.0 Å². The third-order valence-electron chi connectivity index (χ3n) is 2.82. The van der Waals surface area contributed by atoms with Crippen LogP contribution in [0.15, 0.2) is 18.2 Å². The Morgan fingerprint density at radius 3 is 2.84 bits per heavy atom. The largest absolute Gasteiger partial charge is 0.493 e. The molecule has 0 spiro atoms. The minimum atomic E-state index is -0.389. The first-order valence-corrected chi connectivity index (χ1v) is 6.57. The molecular weight excluding hydrogens is 244 g/mol. The van der Waals surface area contributed by atoms with Gasteiger partial charge in [0.05, 0.1) is 12.7 Å². The fraction of sp³-hybridized carbons (Fsp3) is 0.500. The van der Waals surface area contributed by atoms with Gasteiger partial charge in [0.1, 0.15) is 11.3 Å². The molecule has 0 saturated heterocycles. The number of hydrogen-bond donors (Lipinski definition) is 3. The molecule has 1 aromatic rings. The lowest BCUT2D eigenvalue weighted by Gasteiger charge is -2.13. The van der Waals surface area contributed by atoms with Gasteiger partial charge in [-0.1, -0.05) is 13.0 Å². The lowest BCUT2D eigenvalue weighted by atomic mass is 10.1. The monoisotopic (exact) mass is 266 g/mol. The molecule has 1 rings (SSSR count). The second-order valence-corrected chi connectivity index (χ2v) is 4.26. The molecule has 0 heterocycles. The van der Waals surface area contributed by atoms with Gasteiger partial charge in [0.15, 0.2) is 0 Å². The molecule has 1 atom stereocenters. The van der Waals surface area contributed by atoms with Gasteiger partial charge in [0.2, 0.25) is 0 Å². The normalized spacial score (nSPS) is 11.9. The van der Waals surface area contributed by atoms with Crippen molar-refractivity contribution in [2.45, 2.75) is 32.8 Å². The van der Waals surface area contributed by atoms with Gasteiger partial charge < -0.3 is 20.9 Å². The standard InChI is InChI=1S/C14H22N2O3/c1-3-10(17)8-9-16-14(18)13-11(15)6-5-7-12(13)19-4-2/h5-7,10,17H,3-4,8-9,15H2,1-2H3,(H,16,18). The summed E-state index contributed by atoms with van der Waals surface area (Å²) >= 11 is 0. The van der Waals surface area contributed by atoms with Crippen molar-refractivity contribution in [2.75, 3.05) is 18.9 Å². The van der Waals surface area contributed by atoms with Gasteiger partial charge in [-0.3, -0.25) is 4.79 Å². The summed E-state index contributed by atoms with van der Waals surface area (Å²) < 4.78 is 5.40. The fourth-order valence-corrected chi connectivity index (χ4v) is 1.71. The predicted octanol–water partition coefficient (Wildman–Crippen LogP) is 1.56. The number of rotatable bonds is 7. The molecule has 0 aromatic heterocycles. The van der Waals surface area contributed by atoms with Crippen LogP contribution in [0.4, 0.5) is 5.69 Å². The van der Waals surface area contributed by atoms with Crippen LogP contribution < -0.4 is 15.8 Å². The maximum atomic E-state index is 12.1. The molecule has 0 aliphatic carbocycles. The number of carbonyl (C=O) groups excluding carboxylic acids is 1. The molecule has 1 amide bonds. The number of nitrogens with one attached hydrogen (secondary N) is 1. The summed E-state index contributed by atoms with van der Waals surface area (Å²) in [6.07, 6.45) is 0.812. The number of ether oxygens (including phenoxy) is 1. The molecule has 0 radical (unpaired) electrons. The van der Waals surface area contributed by atoms with Gasteiger partial charge in [-0.15, -0.1) is 0 Å². The van der Waals surface area contributed by atoms with Gasteiger partial charge in [-0.05, 0) is 31.9 Å². The summed E-state index contributed by atoms with van der Waals surface area (Å²) in [4.78, 5) is 12.1. The Balaban J connectivity index is 2.70. The van der Waals surface area contributed by atoms with Crippen LogP contribution in [0.1, 0.15) is 37.0 Å². The average Bonchev–Trinajstić information content (AvgIpc) is 2.38. The molecular formula is C14H22N2O3. The van der Waals surface area contributed by atoms with Crippen molar-refractivity contribution in [1.82, 2.24) is 5.32 Å². The summed E-state index contributed by atoms with van der Waals surface area (Å²) in [5, 5.41) is 12.2. The SMILES string of the molecule is CCOc1cccc(N)c1C(=O)NCCC(O)CC. The first-order chi connectivity index (χ1) is 9.10. The molecule has 5 heteroatoms. The molecule has 1 unspecified atom stereocenters. The highest BCUT2D eigenvalue weighted by atomic mass is 16.5. The number of aliphatic hydroxyl groups excluding tert-OH is 1. The van der Waals surface area contributed by atoms with Crippen molar-refractivity contribution in [3.63, 3.8) is 0 Å². The third-order valence-corrected chi connectivity index (χ3v) is 2.82. The summed E-state index contributed by atoms with van der Waals surface area (Å²) in [7, 11) is 0. The molecule has 0 aliphatic rings. The van der Waals surface area contributed by atoms with Crippen molar-refractivity contribution in [3.8, 4) is 5.75 Å². The number of anilines is 1. The van der Waals surface area contributed by atoms with Crippen molar-refractivity contribution >= 4 is 11.6 Å². The highest BCUT2D eigenvalue weighted by molar-refractivity contribution is 6.01. The smallest absolute Gasteiger partial charge is 0.257 e. The summed E-state index contributed by atoms with van der Waals surface area (Å²) in [6, 6.07) is 5.13. The Morgan fingerprint density at radius 2 is 2.21 bits per heavy atom. The number of nitrogen functional groups attached to an aromatic ring is 1. The highest BCUT2D eigenvalue weighted by Gasteiger charge is 2.15. The number of amides is 1. The van der Waals surface area contributed by atoms with Crippen LogP contribution >= 0.6 is 0 Å². The van der Waals surface area contributed by atoms with Crippen LogP contribution in [0.2, 0.25) is 0 Å². The quantitative estimate of drug-likeness (QED) is 0.654. The van der Waals surface area contributed by atoms with Crippen LogP contribution in [0.25, 0.3) is 0 Å². The topological polar surface area (TPSA) is 84.6 Å². The number of benzene rings is 1. The van der Waals surface area contributed by atoms with Crippen molar-refractivity contribution in [1.29, 1.82) is 0 Å². The zero-order valence-corrected chi connectivity index (χ0v) is 11.5. The Labute approximate surface area is 113 Å². The third kappa shape index (κ3) is 4.44. The van der Waals surface area contributed by atoms with E-state index in [1.807, 2.05) is 13.8 Å². The Kier molecular flexibility index (Phi) is 6.15. The van der Waals surface area contributed by atoms with Gasteiger partial charge in [-0.2, -0.15) is 0 Å². The molecule has 106 valence electrons. The van der Waals surface area contributed by atoms with Crippen LogP contribution in [-0.4, -0.2) is 30.3 Å². The zero-order valence-electron chi connectivity index (χ0n) is 11.5. The van der Waals surface area contributed by atoms with E-state index in [1.165, 1.54) is 0 Å². The van der Waals surface area contributed by atoms with E-state index in [9.17, 15) is 9.90 Å². The van der Waals surface area contributed by atoms with Crippen molar-refractivity contribution in [3.05, 3.63) is 23.8 Å². The van der Waals surface area contributed by atoms with E-state index in [0.29, 0.717) is 43.0 Å². The molecule has 4 N–H and O–H groups in total. The molecule has 1 aromatic carbocycles. The summed E-state index contributed by atoms with van der Waals surface area (Å²) in [5.41, 5.74) is 6.57. The summed E-state index contributed by atoms with van der Waals surface area (Å²) in [5.74, 6) is 0.209. The van der Waals surface area contributed by atoms with Crippen LogP contribution in [0.3, 0.4) is 0 Å². The Hall–Kier alpha value is -1.75. The molecule has 0 saturated carbocycles. The van der Waals surface area contributed by atoms with E-state index in [0.717, 1.165) is 0 Å². The molecule has 5 nitrogen and oxygen atoms in total. The van der Waals surface area contributed by atoms with Crippen molar-refractivity contribution < 1.29 is 14.6 Å².